The first-order valence-corrected chi connectivity index (χ1v) is 38.7. The van der Waals surface area contributed by atoms with E-state index in [9.17, 15) is 10.5 Å². The predicted octanol–water partition coefficient (Wildman–Crippen LogP) is 27.6. The summed E-state index contributed by atoms with van der Waals surface area (Å²) in [7, 11) is 0. The summed E-state index contributed by atoms with van der Waals surface area (Å²) in [5, 5.41) is 30.2. The average Bonchev–Trinajstić information content (AvgIpc) is 0.773. The van der Waals surface area contributed by atoms with Gasteiger partial charge >= 0.3 is 0 Å². The maximum Gasteiger partial charge on any atom is 0.0992 e. The molecule has 116 heavy (non-hydrogen) atoms. The van der Waals surface area contributed by atoms with E-state index in [1.807, 2.05) is 91.1 Å². The zero-order valence-corrected chi connectivity index (χ0v) is 62.7. The van der Waals surface area contributed by atoms with Gasteiger partial charge in [0.05, 0.1) is 79.3 Å². The number of para-hydroxylation sites is 1. The summed E-state index contributed by atoms with van der Waals surface area (Å²) < 4.78 is 0. The number of aromatic nitrogens is 6. The Labute approximate surface area is 670 Å². The van der Waals surface area contributed by atoms with Crippen molar-refractivity contribution in [2.24, 2.45) is 0 Å². The van der Waals surface area contributed by atoms with E-state index in [2.05, 4.69) is 325 Å². The number of fused-ring (bicyclic) bond motifs is 9. The van der Waals surface area contributed by atoms with Crippen LogP contribution in [0.3, 0.4) is 0 Å². The molecule has 0 atom stereocenters. The maximum atomic E-state index is 10.2. The normalized spacial score (nSPS) is 11.3. The third-order valence-electron chi connectivity index (χ3n) is 22.1. The van der Waals surface area contributed by atoms with Crippen LogP contribution >= 0.6 is 0 Å². The van der Waals surface area contributed by atoms with E-state index in [1.54, 1.807) is 6.20 Å². The molecule has 15 aromatic carbocycles. The second-order valence-electron chi connectivity index (χ2n) is 29.1. The summed E-state index contributed by atoms with van der Waals surface area (Å²) in [6.07, 6.45) is 3.65. The molecule has 0 saturated heterocycles. The van der Waals surface area contributed by atoms with Crippen molar-refractivity contribution >= 4 is 76.1 Å². The third kappa shape index (κ3) is 13.3. The van der Waals surface area contributed by atoms with Gasteiger partial charge < -0.3 is 0 Å². The fraction of sp³-hybridized carbons (Fsp3) is 0. The van der Waals surface area contributed by atoms with Crippen molar-refractivity contribution in [1.82, 2.24) is 29.9 Å². The van der Waals surface area contributed by atoms with Gasteiger partial charge in [0.25, 0.3) is 0 Å². The van der Waals surface area contributed by atoms with Crippen LogP contribution in [-0.4, -0.2) is 29.9 Å². The highest BCUT2D eigenvalue weighted by atomic mass is 14.8. The Balaban J connectivity index is 0.000000150. The topological polar surface area (TPSA) is 125 Å². The molecule has 21 aromatic rings. The second-order valence-corrected chi connectivity index (χ2v) is 29.1. The van der Waals surface area contributed by atoms with Crippen LogP contribution in [0.5, 0.6) is 0 Å². The molecule has 8 nitrogen and oxygen atoms in total. The van der Waals surface area contributed by atoms with Gasteiger partial charge in [0.15, 0.2) is 0 Å². The molecule has 0 radical (unpaired) electrons. The van der Waals surface area contributed by atoms with Gasteiger partial charge in [-0.3, -0.25) is 9.97 Å². The van der Waals surface area contributed by atoms with Gasteiger partial charge in [0, 0.05) is 72.7 Å². The van der Waals surface area contributed by atoms with Crippen LogP contribution < -0.4 is 0 Å². The molecule has 8 heteroatoms. The van der Waals surface area contributed by atoms with Crippen LogP contribution in [0.15, 0.2) is 401 Å². The average molecular weight is 1480 g/mol. The maximum absolute atomic E-state index is 10.2. The molecule has 0 bridgehead atoms. The quantitative estimate of drug-likeness (QED) is 0.111. The molecule has 6 heterocycles. The third-order valence-corrected chi connectivity index (χ3v) is 22.1. The SMILES string of the molecule is N#Cc1cc(-c2ccc(-c3cccc4cccnc34)cc2)cc(-c2ccc(-c3ccc(-c4ccc5ccc6ccc(-c7ccccc7)nc6c5n4)cc3)c3ccccc23)c1.N#Cc1cc(-c2ccc(-c3ccccn3)cc2)cc(-c2ccc(-c3ccc(-c4ccc5ccc6ccc(-c7ccccc7)nc6c5n4)cc3)c3ccccc23)c1. The molecule has 0 fully saturated rings. The number of hydrogen-bond acceptors (Lipinski definition) is 8. The van der Waals surface area contributed by atoms with Crippen molar-refractivity contribution in [3.63, 3.8) is 0 Å². The molecule has 0 aliphatic carbocycles. The minimum atomic E-state index is 0.622. The van der Waals surface area contributed by atoms with Crippen LogP contribution in [0, 0.1) is 22.7 Å². The number of rotatable bonds is 12. The lowest BCUT2D eigenvalue weighted by Gasteiger charge is -2.14. The van der Waals surface area contributed by atoms with Crippen LogP contribution in [0.4, 0.5) is 0 Å². The van der Waals surface area contributed by atoms with Gasteiger partial charge in [-0.25, -0.2) is 19.9 Å². The molecular formula is C108H66N8. The highest BCUT2D eigenvalue weighted by molar-refractivity contribution is 6.09. The minimum absolute atomic E-state index is 0.622. The Kier molecular flexibility index (Phi) is 17.9. The van der Waals surface area contributed by atoms with E-state index >= 15 is 0 Å². The van der Waals surface area contributed by atoms with Crippen molar-refractivity contribution < 1.29 is 0 Å². The molecular weight excluding hydrogens is 1410 g/mol. The number of pyridine rings is 6. The molecule has 538 valence electrons. The summed E-state index contributed by atoms with van der Waals surface area (Å²) in [4.78, 5) is 29.7. The van der Waals surface area contributed by atoms with E-state index in [0.717, 1.165) is 210 Å². The fourth-order valence-electron chi connectivity index (χ4n) is 16.2. The van der Waals surface area contributed by atoms with Crippen LogP contribution in [0.2, 0.25) is 0 Å². The standard InChI is InChI=1S/C56H34N4.C52H32N4/c57-35-36-32-45(37-15-17-39(18-16-37)49-14-6-10-42-11-7-31-58-54(42)49)34-46(33-36)48-28-27-47(50-12-4-5-13-51(48)50)38-19-21-41(22-20-38)53-30-26-44-24-23-43-25-29-52(40-8-2-1-3-9-40)59-55(43)56(44)60-53;53-33-34-30-42(35-13-17-38(18-14-35)48-12-6-7-29-54-48)32-43(31-34)45-26-25-44(46-10-4-5-11-47(45)46)36-15-19-39(20-16-36)50-28-24-41-22-21-40-23-27-49(37-8-2-1-3-9-37)55-51(40)52(41)56-50/h1-34H;1-32H. The van der Waals surface area contributed by atoms with Crippen molar-refractivity contribution in [1.29, 1.82) is 10.5 Å². The van der Waals surface area contributed by atoms with Gasteiger partial charge in [0.2, 0.25) is 0 Å². The summed E-state index contributed by atoms with van der Waals surface area (Å²) in [6.45, 7) is 0. The van der Waals surface area contributed by atoms with Gasteiger partial charge in [-0.15, -0.1) is 0 Å². The zero-order valence-electron chi connectivity index (χ0n) is 62.7. The van der Waals surface area contributed by atoms with E-state index in [4.69, 9.17) is 19.9 Å². The van der Waals surface area contributed by atoms with Gasteiger partial charge in [-0.1, -0.05) is 309 Å². The van der Waals surface area contributed by atoms with E-state index in [-0.39, 0.29) is 0 Å². The summed E-state index contributed by atoms with van der Waals surface area (Å²) in [5.41, 5.74) is 30.8. The van der Waals surface area contributed by atoms with Crippen molar-refractivity contribution in [3.8, 4) is 146 Å². The molecule has 21 rings (SSSR count). The lowest BCUT2D eigenvalue weighted by molar-refractivity contribution is 1.33. The van der Waals surface area contributed by atoms with Crippen molar-refractivity contribution in [2.45, 2.75) is 0 Å². The fourth-order valence-corrected chi connectivity index (χ4v) is 16.2. The number of nitriles is 2. The molecule has 0 aliphatic rings. The van der Waals surface area contributed by atoms with Crippen LogP contribution in [0.25, 0.3) is 210 Å². The Hall–Kier alpha value is -16.0. The van der Waals surface area contributed by atoms with Gasteiger partial charge in [-0.2, -0.15) is 10.5 Å². The predicted molar refractivity (Wildman–Crippen MR) is 477 cm³/mol. The first-order valence-electron chi connectivity index (χ1n) is 38.7. The van der Waals surface area contributed by atoms with Crippen molar-refractivity contribution in [2.75, 3.05) is 0 Å². The van der Waals surface area contributed by atoms with Gasteiger partial charge in [-0.05, 0) is 173 Å². The summed E-state index contributed by atoms with van der Waals surface area (Å²) in [5.74, 6) is 0. The lowest BCUT2D eigenvalue weighted by Crippen LogP contribution is -1.91. The molecule has 0 unspecified atom stereocenters. The lowest BCUT2D eigenvalue weighted by atomic mass is 9.89. The van der Waals surface area contributed by atoms with E-state index in [0.29, 0.717) is 11.1 Å². The molecule has 0 spiro atoms. The second kappa shape index (κ2) is 30.0. The molecule has 0 aliphatic heterocycles. The number of nitrogens with zero attached hydrogens (tertiary/aromatic N) is 8. The Bertz CT molecular complexity index is 7480. The van der Waals surface area contributed by atoms with E-state index < -0.39 is 0 Å². The Morgan fingerprint density at radius 2 is 0.474 bits per heavy atom. The number of hydrogen-bond donors (Lipinski definition) is 0. The van der Waals surface area contributed by atoms with Crippen LogP contribution in [0.1, 0.15) is 11.1 Å². The first-order chi connectivity index (χ1) is 57.3. The smallest absolute Gasteiger partial charge is 0.0992 e. The number of benzene rings is 15. The molecule has 0 saturated carbocycles. The summed E-state index contributed by atoms with van der Waals surface area (Å²) >= 11 is 0. The highest BCUT2D eigenvalue weighted by Crippen LogP contribution is 2.43. The minimum Gasteiger partial charge on any atom is -0.256 e. The Morgan fingerprint density at radius 1 is 0.172 bits per heavy atom. The van der Waals surface area contributed by atoms with Crippen LogP contribution in [-0.2, 0) is 0 Å². The molecule has 0 N–H and O–H groups in total. The molecule has 6 aromatic heterocycles. The molecule has 0 amide bonds. The monoisotopic (exact) mass is 1470 g/mol. The summed E-state index contributed by atoms with van der Waals surface area (Å²) in [6, 6.07) is 139. The largest absolute Gasteiger partial charge is 0.256 e. The van der Waals surface area contributed by atoms with Crippen molar-refractivity contribution in [3.05, 3.63) is 412 Å². The highest BCUT2D eigenvalue weighted by Gasteiger charge is 2.19. The first kappa shape index (κ1) is 69.2. The van der Waals surface area contributed by atoms with E-state index in [1.165, 1.54) is 0 Å². The zero-order chi connectivity index (χ0) is 77.4. The van der Waals surface area contributed by atoms with Gasteiger partial charge in [0.1, 0.15) is 0 Å². The Morgan fingerprint density at radius 3 is 0.862 bits per heavy atom.